The third kappa shape index (κ3) is 4.90. The molecule has 4 bridgehead atoms. The molecule has 66 heavy (non-hydrogen) atoms. The summed E-state index contributed by atoms with van der Waals surface area (Å²) in [5, 5.41) is 2.74. The number of thiophene rings is 1. The Hall–Kier alpha value is -7.01. The predicted octanol–water partition coefficient (Wildman–Crippen LogP) is 15.3. The van der Waals surface area contributed by atoms with Crippen LogP contribution in [-0.2, 0) is 10.8 Å². The highest BCUT2D eigenvalue weighted by molar-refractivity contribution is 7.26. The second-order valence-electron chi connectivity index (χ2n) is 19.8. The molecule has 8 aromatic carbocycles. The lowest BCUT2D eigenvalue weighted by Gasteiger charge is -2.61. The molecule has 314 valence electrons. The Morgan fingerprint density at radius 2 is 0.985 bits per heavy atom. The molecule has 2 aromatic heterocycles. The maximum absolute atomic E-state index is 5.58. The van der Waals surface area contributed by atoms with Gasteiger partial charge in [-0.15, -0.1) is 11.3 Å². The van der Waals surface area contributed by atoms with Gasteiger partial charge in [0.2, 0.25) is 0 Å². The zero-order chi connectivity index (χ0) is 43.1. The summed E-state index contributed by atoms with van der Waals surface area (Å²) in [4.78, 5) is 16.4. The number of hydrogen-bond donors (Lipinski definition) is 0. The first-order valence-corrected chi connectivity index (χ1v) is 24.8. The van der Waals surface area contributed by atoms with Gasteiger partial charge in [-0.25, -0.2) is 15.0 Å². The van der Waals surface area contributed by atoms with Gasteiger partial charge in [-0.2, -0.15) is 0 Å². The molecular weight excluding hydrogens is 819 g/mol. The summed E-state index contributed by atoms with van der Waals surface area (Å²) in [6, 6.07) is 69.6. The Morgan fingerprint density at radius 3 is 1.73 bits per heavy atom. The molecule has 0 aliphatic heterocycles. The molecule has 0 unspecified atom stereocenters. The summed E-state index contributed by atoms with van der Waals surface area (Å²) in [5.41, 5.74) is 15.9. The summed E-state index contributed by atoms with van der Waals surface area (Å²) in [5.74, 6) is 5.21. The first-order chi connectivity index (χ1) is 32.7. The average molecular weight is 864 g/mol. The van der Waals surface area contributed by atoms with Crippen molar-refractivity contribution in [3.05, 3.63) is 221 Å². The molecule has 4 fully saturated rings. The van der Waals surface area contributed by atoms with E-state index in [2.05, 4.69) is 188 Å². The largest absolute Gasteiger partial charge is 0.208 e. The lowest BCUT2D eigenvalue weighted by Crippen LogP contribution is -2.55. The summed E-state index contributed by atoms with van der Waals surface area (Å²) in [6.45, 7) is 0. The fraction of sp³-hybridized carbons (Fsp3) is 0.177. The molecule has 10 aromatic rings. The maximum Gasteiger partial charge on any atom is 0.164 e. The zero-order valence-corrected chi connectivity index (χ0v) is 37.3. The van der Waals surface area contributed by atoms with Crippen molar-refractivity contribution in [3.63, 3.8) is 0 Å². The molecule has 6 aliphatic carbocycles. The monoisotopic (exact) mass is 863 g/mol. The first kappa shape index (κ1) is 37.2. The highest BCUT2D eigenvalue weighted by Crippen LogP contribution is 2.70. The van der Waals surface area contributed by atoms with Crippen molar-refractivity contribution in [3.8, 4) is 56.4 Å². The van der Waals surface area contributed by atoms with E-state index in [4.69, 9.17) is 15.0 Å². The van der Waals surface area contributed by atoms with Crippen molar-refractivity contribution in [2.75, 3.05) is 0 Å². The van der Waals surface area contributed by atoms with Crippen LogP contribution in [0.3, 0.4) is 0 Å². The molecular formula is C62H45N3S. The molecule has 1 spiro atoms. The molecule has 0 radical (unpaired) electrons. The summed E-state index contributed by atoms with van der Waals surface area (Å²) < 4.78 is 2.79. The van der Waals surface area contributed by atoms with Crippen molar-refractivity contribution >= 4 is 31.5 Å². The Balaban J connectivity index is 0.975. The molecule has 0 amide bonds. The molecule has 4 heteroatoms. The van der Waals surface area contributed by atoms with Gasteiger partial charge in [0.05, 0.1) is 5.41 Å². The topological polar surface area (TPSA) is 38.7 Å². The fourth-order valence-corrected chi connectivity index (χ4v) is 15.9. The van der Waals surface area contributed by atoms with Crippen LogP contribution in [0.2, 0.25) is 0 Å². The van der Waals surface area contributed by atoms with E-state index in [9.17, 15) is 0 Å². The van der Waals surface area contributed by atoms with Crippen molar-refractivity contribution in [2.45, 2.75) is 42.9 Å². The van der Waals surface area contributed by atoms with Gasteiger partial charge >= 0.3 is 0 Å². The van der Waals surface area contributed by atoms with Crippen LogP contribution < -0.4 is 0 Å². The van der Waals surface area contributed by atoms with Crippen LogP contribution in [0.1, 0.15) is 65.5 Å². The van der Waals surface area contributed by atoms with Gasteiger partial charge in [0, 0.05) is 47.8 Å². The number of benzene rings is 8. The molecule has 0 atom stereocenters. The first-order valence-electron chi connectivity index (χ1n) is 23.9. The van der Waals surface area contributed by atoms with Gasteiger partial charge in [-0.3, -0.25) is 0 Å². The van der Waals surface area contributed by atoms with Crippen molar-refractivity contribution in [2.24, 2.45) is 23.7 Å². The van der Waals surface area contributed by atoms with Crippen molar-refractivity contribution in [1.29, 1.82) is 0 Å². The molecule has 0 saturated heterocycles. The van der Waals surface area contributed by atoms with Crippen LogP contribution in [0.25, 0.3) is 76.6 Å². The SMILES string of the molecule is c1ccc(-c2nc(-c3ccc4c(c3)-c3c(ccc5c3sc3ccccc35)C43C4CC5CC(C4)CC3C5)nc(-c3cccc4c3-c3ccccc3C4(c3ccccc3)c3ccccc3)n2)cc1. The van der Waals surface area contributed by atoms with Crippen molar-refractivity contribution < 1.29 is 0 Å². The second-order valence-corrected chi connectivity index (χ2v) is 20.9. The minimum absolute atomic E-state index is 0.0580. The van der Waals surface area contributed by atoms with Gasteiger partial charge in [0.1, 0.15) is 0 Å². The predicted molar refractivity (Wildman–Crippen MR) is 270 cm³/mol. The van der Waals surface area contributed by atoms with E-state index in [-0.39, 0.29) is 5.41 Å². The van der Waals surface area contributed by atoms with E-state index in [0.29, 0.717) is 29.3 Å². The number of aromatic nitrogens is 3. The smallest absolute Gasteiger partial charge is 0.164 e. The zero-order valence-electron chi connectivity index (χ0n) is 36.5. The van der Waals surface area contributed by atoms with Crippen LogP contribution in [-0.4, -0.2) is 15.0 Å². The van der Waals surface area contributed by atoms with E-state index >= 15 is 0 Å². The second kappa shape index (κ2) is 13.8. The number of nitrogens with zero attached hydrogens (tertiary/aromatic N) is 3. The highest BCUT2D eigenvalue weighted by atomic mass is 32.1. The van der Waals surface area contributed by atoms with E-state index in [1.54, 1.807) is 11.1 Å². The molecule has 16 rings (SSSR count). The summed E-state index contributed by atoms with van der Waals surface area (Å²) in [6.07, 6.45) is 6.87. The summed E-state index contributed by atoms with van der Waals surface area (Å²) >= 11 is 1.98. The molecule has 0 N–H and O–H groups in total. The fourth-order valence-electron chi connectivity index (χ4n) is 14.6. The average Bonchev–Trinajstić information content (AvgIpc) is 4.01. The minimum atomic E-state index is -0.526. The van der Waals surface area contributed by atoms with Crippen LogP contribution in [0.15, 0.2) is 188 Å². The van der Waals surface area contributed by atoms with Crippen LogP contribution in [0, 0.1) is 23.7 Å². The third-order valence-electron chi connectivity index (χ3n) is 16.8. The van der Waals surface area contributed by atoms with Gasteiger partial charge in [0.25, 0.3) is 0 Å². The maximum atomic E-state index is 5.58. The van der Waals surface area contributed by atoms with E-state index < -0.39 is 5.41 Å². The lowest BCUT2D eigenvalue weighted by atomic mass is 9.43. The number of fused-ring (bicyclic) bond motifs is 10. The Kier molecular flexibility index (Phi) is 7.76. The standard InChI is InChI=1S/C62H45N3S/c1-4-15-39(16-5-1)58-63-59(65-60(64-58)48-23-14-25-52-55(48)47-22-10-12-24-50(47)61(52,41-17-6-2-7-18-41)42-19-8-3-9-20-42)40-27-29-51-49(36-40)56-53(30-28-46-45-21-11-13-26-54(45)66-57(46)56)62(51)43-32-37-31-38(34-43)35-44(62)33-37/h1-30,36-38,43-44H,31-35H2. The Bertz CT molecular complexity index is 3540. The third-order valence-corrected chi connectivity index (χ3v) is 18.0. The van der Waals surface area contributed by atoms with Crippen LogP contribution in [0.5, 0.6) is 0 Å². The molecule has 6 aliphatic rings. The normalized spacial score (nSPS) is 22.4. The number of rotatable bonds is 5. The van der Waals surface area contributed by atoms with E-state index in [1.165, 1.54) is 96.8 Å². The molecule has 2 heterocycles. The van der Waals surface area contributed by atoms with E-state index in [0.717, 1.165) is 28.5 Å². The number of hydrogen-bond acceptors (Lipinski definition) is 4. The van der Waals surface area contributed by atoms with Gasteiger partial charge < -0.3 is 0 Å². The van der Waals surface area contributed by atoms with Gasteiger partial charge in [0.15, 0.2) is 17.5 Å². The Morgan fingerprint density at radius 1 is 0.394 bits per heavy atom. The highest BCUT2D eigenvalue weighted by Gasteiger charge is 2.62. The quantitative estimate of drug-likeness (QED) is 0.173. The molecule has 3 nitrogen and oxygen atoms in total. The van der Waals surface area contributed by atoms with Gasteiger partial charge in [-0.05, 0) is 118 Å². The van der Waals surface area contributed by atoms with Crippen molar-refractivity contribution in [1.82, 2.24) is 15.0 Å². The minimum Gasteiger partial charge on any atom is -0.208 e. The Labute approximate surface area is 388 Å². The van der Waals surface area contributed by atoms with Gasteiger partial charge in [-0.1, -0.05) is 176 Å². The summed E-state index contributed by atoms with van der Waals surface area (Å²) in [7, 11) is 0. The molecule has 4 saturated carbocycles. The van der Waals surface area contributed by atoms with E-state index in [1.807, 2.05) is 11.3 Å². The lowest BCUT2D eigenvalue weighted by molar-refractivity contribution is -0.0399. The van der Waals surface area contributed by atoms with Crippen LogP contribution >= 0.6 is 11.3 Å². The van der Waals surface area contributed by atoms with Crippen LogP contribution in [0.4, 0.5) is 0 Å².